The molecular weight excluding hydrogens is 775 g/mol. The van der Waals surface area contributed by atoms with E-state index in [4.69, 9.17) is 0 Å². The van der Waals surface area contributed by atoms with Gasteiger partial charge < -0.3 is 0 Å². The van der Waals surface area contributed by atoms with E-state index < -0.39 is 0 Å². The number of hydrogen-bond acceptors (Lipinski definition) is 1. The first-order valence-electron chi connectivity index (χ1n) is 26.1. The van der Waals surface area contributed by atoms with Gasteiger partial charge in [0.25, 0.3) is 0 Å². The van der Waals surface area contributed by atoms with Gasteiger partial charge in [0.05, 0.1) is 0 Å². The van der Waals surface area contributed by atoms with Crippen LogP contribution in [0.1, 0.15) is 310 Å². The Morgan fingerprint density at radius 3 is 0.556 bits per heavy atom. The summed E-state index contributed by atoms with van der Waals surface area (Å²) in [5.41, 5.74) is 0. The first-order valence-corrected chi connectivity index (χ1v) is 31.3. The first-order chi connectivity index (χ1) is 26.8. The molecule has 0 fully saturated rings. The van der Waals surface area contributed by atoms with Crippen LogP contribution in [0.2, 0.25) is 8.87 Å². The molecule has 0 aromatic heterocycles. The number of thioether (sulfide) groups is 1. The number of rotatable bonds is 48. The molecule has 0 saturated heterocycles. The molecule has 2 heteroatoms. The molecule has 0 aliphatic carbocycles. The van der Waals surface area contributed by atoms with Gasteiger partial charge in [-0.05, 0) is 24.3 Å². The van der Waals surface area contributed by atoms with Crippen molar-refractivity contribution in [2.75, 3.05) is 11.5 Å². The summed E-state index contributed by atoms with van der Waals surface area (Å²) in [5, 5.41) is 0. The molecule has 0 N–H and O–H groups in total. The third-order valence-corrected chi connectivity index (χ3v) is 16.9. The second-order valence-corrected chi connectivity index (χ2v) is 23.0. The average molecular weight is 884 g/mol. The molecule has 0 aliphatic rings. The summed E-state index contributed by atoms with van der Waals surface area (Å²) >= 11 is 2.38. The van der Waals surface area contributed by atoms with Gasteiger partial charge in [-0.25, -0.2) is 0 Å². The van der Waals surface area contributed by atoms with E-state index in [2.05, 4.69) is 39.5 Å². The quantitative estimate of drug-likeness (QED) is 0.0433. The van der Waals surface area contributed by atoms with E-state index in [0.717, 1.165) is 0 Å². The van der Waals surface area contributed by atoms with E-state index in [-0.39, 0.29) is 21.1 Å². The minimum absolute atomic E-state index is 0.149. The fourth-order valence-electron chi connectivity index (χ4n) is 7.75. The van der Waals surface area contributed by atoms with E-state index >= 15 is 0 Å². The van der Waals surface area contributed by atoms with Gasteiger partial charge in [0.1, 0.15) is 0 Å². The molecule has 326 valence electrons. The molecule has 0 unspecified atom stereocenters. The van der Waals surface area contributed by atoms with Crippen molar-refractivity contribution < 1.29 is 0 Å². The minimum atomic E-state index is 0.149. The SMILES string of the molecule is CCCCCCCCCCCCCCCCCCCCCCSCCCCCCCCCCCCCCCCCCCCCC.CCC[CH2][Sn][CH2]CCC. The van der Waals surface area contributed by atoms with Gasteiger partial charge in [-0.1, -0.05) is 258 Å². The van der Waals surface area contributed by atoms with Gasteiger partial charge in [0.2, 0.25) is 0 Å². The number of hydrogen-bond donors (Lipinski definition) is 0. The fraction of sp³-hybridized carbons (Fsp3) is 1.00. The molecule has 2 radical (unpaired) electrons. The molecule has 0 nitrogen and oxygen atoms in total. The molecular formula is C52H108SSn. The second kappa shape index (κ2) is 58.5. The first kappa shape index (κ1) is 57.2. The Morgan fingerprint density at radius 1 is 0.204 bits per heavy atom. The van der Waals surface area contributed by atoms with Gasteiger partial charge in [-0.2, -0.15) is 11.8 Å². The van der Waals surface area contributed by atoms with Crippen molar-refractivity contribution in [2.45, 2.75) is 319 Å². The maximum absolute atomic E-state index is 2.31. The third kappa shape index (κ3) is 59.8. The van der Waals surface area contributed by atoms with Gasteiger partial charge in [0.15, 0.2) is 0 Å². The summed E-state index contributed by atoms with van der Waals surface area (Å²) in [6.45, 7) is 9.20. The zero-order valence-electron chi connectivity index (χ0n) is 38.8. The molecule has 0 atom stereocenters. The second-order valence-electron chi connectivity index (χ2n) is 17.5. The van der Waals surface area contributed by atoms with Crippen molar-refractivity contribution in [2.24, 2.45) is 0 Å². The predicted octanol–water partition coefficient (Wildman–Crippen LogP) is 20.5. The van der Waals surface area contributed by atoms with Crippen molar-refractivity contribution in [3.8, 4) is 0 Å². The fourth-order valence-corrected chi connectivity index (χ4v) is 12.9. The van der Waals surface area contributed by atoms with E-state index in [1.807, 2.05) is 0 Å². The summed E-state index contributed by atoms with van der Waals surface area (Å²) in [5.74, 6) is 2.83. The van der Waals surface area contributed by atoms with Crippen LogP contribution in [0.3, 0.4) is 0 Å². The summed E-state index contributed by atoms with van der Waals surface area (Å²) < 4.78 is 3.25. The maximum atomic E-state index is 2.31. The predicted molar refractivity (Wildman–Crippen MR) is 259 cm³/mol. The van der Waals surface area contributed by atoms with Crippen LogP contribution in [0.15, 0.2) is 0 Å². The van der Waals surface area contributed by atoms with Gasteiger partial charge in [-0.3, -0.25) is 0 Å². The Hall–Kier alpha value is 1.15. The van der Waals surface area contributed by atoms with Crippen molar-refractivity contribution in [1.82, 2.24) is 0 Å². The Bertz CT molecular complexity index is 531. The molecule has 0 spiro atoms. The summed E-state index contributed by atoms with van der Waals surface area (Å²) in [6.07, 6.45) is 65.0. The third-order valence-electron chi connectivity index (χ3n) is 11.7. The zero-order valence-corrected chi connectivity index (χ0v) is 42.5. The molecule has 54 heavy (non-hydrogen) atoms. The Balaban J connectivity index is 0. The van der Waals surface area contributed by atoms with Crippen LogP contribution in [0, 0.1) is 0 Å². The molecule has 0 aliphatic heterocycles. The normalized spacial score (nSPS) is 11.3. The van der Waals surface area contributed by atoms with E-state index in [0.29, 0.717) is 0 Å². The summed E-state index contributed by atoms with van der Waals surface area (Å²) in [4.78, 5) is 0. The van der Waals surface area contributed by atoms with E-state index in [1.165, 1.54) is 294 Å². The molecule has 0 bridgehead atoms. The molecule has 0 heterocycles. The molecule has 0 saturated carbocycles. The van der Waals surface area contributed by atoms with Gasteiger partial charge in [0, 0.05) is 0 Å². The van der Waals surface area contributed by atoms with Crippen LogP contribution in [-0.2, 0) is 0 Å². The molecule has 0 aromatic carbocycles. The Kier molecular flexibility index (Phi) is 62.0. The van der Waals surface area contributed by atoms with Crippen molar-refractivity contribution >= 4 is 32.9 Å². The zero-order chi connectivity index (χ0) is 39.4. The Morgan fingerprint density at radius 2 is 0.370 bits per heavy atom. The van der Waals surface area contributed by atoms with Crippen LogP contribution in [-0.4, -0.2) is 32.6 Å². The van der Waals surface area contributed by atoms with Crippen LogP contribution in [0.4, 0.5) is 0 Å². The number of unbranched alkanes of at least 4 members (excludes halogenated alkanes) is 40. The van der Waals surface area contributed by atoms with Gasteiger partial charge in [-0.15, -0.1) is 0 Å². The molecule has 0 amide bonds. The molecule has 0 rings (SSSR count). The van der Waals surface area contributed by atoms with Crippen LogP contribution in [0.25, 0.3) is 0 Å². The topological polar surface area (TPSA) is 0 Å². The van der Waals surface area contributed by atoms with Crippen molar-refractivity contribution in [3.05, 3.63) is 0 Å². The van der Waals surface area contributed by atoms with Gasteiger partial charge >= 0.3 is 69.5 Å². The monoisotopic (exact) mass is 885 g/mol. The van der Waals surface area contributed by atoms with Crippen LogP contribution < -0.4 is 0 Å². The standard InChI is InChI=1S/C44H90S.2C4H9.Sn/c1-3-5-7-9-11-13-15-17-19-21-23-25-27-29-31-33-35-37-39-41-43-45-44-42-40-38-36-34-32-30-28-26-24-22-20-18-16-14-12-10-8-6-4-2;2*1-3-4-2;/h3-44H2,1-2H3;2*1,3-4H2,2H3;. The van der Waals surface area contributed by atoms with Crippen molar-refractivity contribution in [1.29, 1.82) is 0 Å². The van der Waals surface area contributed by atoms with E-state index in [9.17, 15) is 0 Å². The average Bonchev–Trinajstić information content (AvgIpc) is 3.18. The van der Waals surface area contributed by atoms with E-state index in [1.54, 1.807) is 8.87 Å². The summed E-state index contributed by atoms with van der Waals surface area (Å²) in [7, 11) is 0. The van der Waals surface area contributed by atoms with Crippen LogP contribution in [0.5, 0.6) is 0 Å². The Labute approximate surface area is 361 Å². The van der Waals surface area contributed by atoms with Crippen molar-refractivity contribution in [3.63, 3.8) is 0 Å². The molecule has 0 aromatic rings. The van der Waals surface area contributed by atoms with Crippen LogP contribution >= 0.6 is 11.8 Å². The summed E-state index contributed by atoms with van der Waals surface area (Å²) in [6, 6.07) is 0.